The summed E-state index contributed by atoms with van der Waals surface area (Å²) >= 11 is 0. The van der Waals surface area contributed by atoms with Gasteiger partial charge in [0.05, 0.1) is 18.1 Å². The van der Waals surface area contributed by atoms with Crippen molar-refractivity contribution in [3.8, 4) is 22.9 Å². The minimum Gasteiger partial charge on any atom is -0.508 e. The lowest BCUT2D eigenvalue weighted by Crippen LogP contribution is -2.09. The Morgan fingerprint density at radius 2 is 1.96 bits per heavy atom. The number of aryl methyl sites for hydroxylation is 1. The van der Waals surface area contributed by atoms with E-state index in [0.29, 0.717) is 34.2 Å². The highest BCUT2D eigenvalue weighted by molar-refractivity contribution is 5.61. The van der Waals surface area contributed by atoms with Gasteiger partial charge in [0.1, 0.15) is 17.3 Å². The number of non-ortho nitro benzene ring substituents is 1. The van der Waals surface area contributed by atoms with Crippen LogP contribution in [0.3, 0.4) is 0 Å². The zero-order valence-electron chi connectivity index (χ0n) is 15.7. The average Bonchev–Trinajstić information content (AvgIpc) is 2.68. The number of benzene rings is 2. The number of aromatic hydroxyl groups is 1. The zero-order valence-corrected chi connectivity index (χ0v) is 15.7. The van der Waals surface area contributed by atoms with Crippen LogP contribution in [0.1, 0.15) is 24.2 Å². The molecular formula is C20H20N4O4. The molecule has 1 unspecified atom stereocenters. The van der Waals surface area contributed by atoms with Crippen LogP contribution >= 0.6 is 0 Å². The van der Waals surface area contributed by atoms with Crippen molar-refractivity contribution in [1.82, 2.24) is 9.97 Å². The summed E-state index contributed by atoms with van der Waals surface area (Å²) in [5.41, 5.74) is 1.90. The second kappa shape index (κ2) is 7.91. The minimum absolute atomic E-state index is 0.0215. The zero-order chi connectivity index (χ0) is 20.3. The molecule has 144 valence electrons. The highest BCUT2D eigenvalue weighted by atomic mass is 16.6. The SMILES string of the molecule is COc1ccc(O)c(C(C)Nc2cc(C)nc(-c3cccc([N+](=O)[O-])c3)n2)c1. The summed E-state index contributed by atoms with van der Waals surface area (Å²) in [6.07, 6.45) is 0. The topological polar surface area (TPSA) is 110 Å². The van der Waals surface area contributed by atoms with E-state index in [0.717, 1.165) is 0 Å². The van der Waals surface area contributed by atoms with Crippen molar-refractivity contribution in [2.24, 2.45) is 0 Å². The fourth-order valence-electron chi connectivity index (χ4n) is 2.84. The second-order valence-electron chi connectivity index (χ2n) is 6.32. The highest BCUT2D eigenvalue weighted by Gasteiger charge is 2.15. The number of methoxy groups -OCH3 is 1. The Balaban J connectivity index is 1.92. The summed E-state index contributed by atoms with van der Waals surface area (Å²) in [5.74, 6) is 1.71. The van der Waals surface area contributed by atoms with Gasteiger partial charge in [-0.3, -0.25) is 10.1 Å². The molecule has 2 N–H and O–H groups in total. The number of nitro groups is 1. The molecule has 0 fully saturated rings. The van der Waals surface area contributed by atoms with Crippen LogP contribution in [0.5, 0.6) is 11.5 Å². The van der Waals surface area contributed by atoms with Crippen LogP contribution in [-0.2, 0) is 0 Å². The van der Waals surface area contributed by atoms with Gasteiger partial charge in [0.25, 0.3) is 5.69 Å². The standard InChI is InChI=1S/C20H20N4O4/c1-12-9-19(22-13(2)17-11-16(28-3)7-8-18(17)25)23-20(21-12)14-5-4-6-15(10-14)24(26)27/h4-11,13,25H,1-3H3,(H,21,22,23). The van der Waals surface area contributed by atoms with E-state index in [-0.39, 0.29) is 17.5 Å². The molecule has 0 saturated heterocycles. The maximum Gasteiger partial charge on any atom is 0.270 e. The summed E-state index contributed by atoms with van der Waals surface area (Å²) in [6, 6.07) is 12.7. The molecule has 0 aliphatic heterocycles. The van der Waals surface area contributed by atoms with E-state index in [1.807, 2.05) is 13.8 Å². The molecule has 8 nitrogen and oxygen atoms in total. The first-order valence-corrected chi connectivity index (χ1v) is 8.61. The predicted molar refractivity (Wildman–Crippen MR) is 106 cm³/mol. The number of nitro benzene ring substituents is 1. The van der Waals surface area contributed by atoms with Gasteiger partial charge in [0.15, 0.2) is 5.82 Å². The Hall–Kier alpha value is -3.68. The van der Waals surface area contributed by atoms with Crippen molar-refractivity contribution in [1.29, 1.82) is 0 Å². The number of ether oxygens (including phenoxy) is 1. The van der Waals surface area contributed by atoms with E-state index in [9.17, 15) is 15.2 Å². The summed E-state index contributed by atoms with van der Waals surface area (Å²) in [4.78, 5) is 19.4. The summed E-state index contributed by atoms with van der Waals surface area (Å²) in [7, 11) is 1.56. The fourth-order valence-corrected chi connectivity index (χ4v) is 2.84. The molecule has 0 aliphatic carbocycles. The molecule has 0 saturated carbocycles. The van der Waals surface area contributed by atoms with Crippen LogP contribution in [0.15, 0.2) is 48.5 Å². The minimum atomic E-state index is -0.452. The number of nitrogens with one attached hydrogen (secondary N) is 1. The van der Waals surface area contributed by atoms with E-state index in [1.165, 1.54) is 12.1 Å². The number of anilines is 1. The van der Waals surface area contributed by atoms with Crippen LogP contribution in [0.4, 0.5) is 11.5 Å². The highest BCUT2D eigenvalue weighted by Crippen LogP contribution is 2.31. The molecular weight excluding hydrogens is 360 g/mol. The Kier molecular flexibility index (Phi) is 5.39. The number of hydrogen-bond donors (Lipinski definition) is 2. The molecule has 3 rings (SSSR count). The number of rotatable bonds is 6. The Bertz CT molecular complexity index is 1020. The smallest absolute Gasteiger partial charge is 0.270 e. The molecule has 28 heavy (non-hydrogen) atoms. The fraction of sp³-hybridized carbons (Fsp3) is 0.200. The molecule has 2 aromatic carbocycles. The van der Waals surface area contributed by atoms with E-state index in [4.69, 9.17) is 4.74 Å². The van der Waals surface area contributed by atoms with Gasteiger partial charge in [-0.1, -0.05) is 12.1 Å². The van der Waals surface area contributed by atoms with E-state index in [1.54, 1.807) is 43.5 Å². The lowest BCUT2D eigenvalue weighted by Gasteiger charge is -2.18. The van der Waals surface area contributed by atoms with Crippen molar-refractivity contribution < 1.29 is 14.8 Å². The first kappa shape index (κ1) is 19.1. The first-order chi connectivity index (χ1) is 13.4. The molecule has 0 radical (unpaired) electrons. The Morgan fingerprint density at radius 3 is 2.68 bits per heavy atom. The molecule has 0 aliphatic rings. The van der Waals surface area contributed by atoms with Crippen LogP contribution in [0.25, 0.3) is 11.4 Å². The van der Waals surface area contributed by atoms with Gasteiger partial charge in [0.2, 0.25) is 0 Å². The van der Waals surface area contributed by atoms with Crippen molar-refractivity contribution in [2.45, 2.75) is 19.9 Å². The molecule has 0 spiro atoms. The third-order valence-corrected chi connectivity index (χ3v) is 4.23. The molecule has 1 heterocycles. The largest absolute Gasteiger partial charge is 0.508 e. The third kappa shape index (κ3) is 4.17. The summed E-state index contributed by atoms with van der Waals surface area (Å²) in [6.45, 7) is 3.71. The summed E-state index contributed by atoms with van der Waals surface area (Å²) < 4.78 is 5.22. The van der Waals surface area contributed by atoms with E-state index >= 15 is 0 Å². The van der Waals surface area contributed by atoms with Gasteiger partial charge in [-0.05, 0) is 32.0 Å². The number of nitrogens with zero attached hydrogens (tertiary/aromatic N) is 3. The van der Waals surface area contributed by atoms with E-state index < -0.39 is 4.92 Å². The molecule has 8 heteroatoms. The maximum atomic E-state index is 11.0. The summed E-state index contributed by atoms with van der Waals surface area (Å²) in [5, 5.41) is 24.4. The van der Waals surface area contributed by atoms with Gasteiger partial charge in [0, 0.05) is 35.0 Å². The average molecular weight is 380 g/mol. The third-order valence-electron chi connectivity index (χ3n) is 4.23. The lowest BCUT2D eigenvalue weighted by atomic mass is 10.1. The Morgan fingerprint density at radius 1 is 1.18 bits per heavy atom. The molecule has 0 amide bonds. The van der Waals surface area contributed by atoms with Crippen molar-refractivity contribution in [3.05, 3.63) is 69.9 Å². The van der Waals surface area contributed by atoms with Crippen LogP contribution in [0, 0.1) is 17.0 Å². The van der Waals surface area contributed by atoms with Crippen LogP contribution in [0.2, 0.25) is 0 Å². The number of hydrogen-bond acceptors (Lipinski definition) is 7. The van der Waals surface area contributed by atoms with E-state index in [2.05, 4.69) is 15.3 Å². The number of phenolic OH excluding ortho intramolecular Hbond substituents is 1. The van der Waals surface area contributed by atoms with Crippen LogP contribution < -0.4 is 10.1 Å². The monoisotopic (exact) mass is 380 g/mol. The van der Waals surface area contributed by atoms with Crippen molar-refractivity contribution in [2.75, 3.05) is 12.4 Å². The van der Waals surface area contributed by atoms with Crippen molar-refractivity contribution >= 4 is 11.5 Å². The molecule has 3 aromatic rings. The van der Waals surface area contributed by atoms with Gasteiger partial charge in [-0.15, -0.1) is 0 Å². The van der Waals surface area contributed by atoms with Crippen molar-refractivity contribution in [3.63, 3.8) is 0 Å². The first-order valence-electron chi connectivity index (χ1n) is 8.61. The molecule has 1 atom stereocenters. The predicted octanol–water partition coefficient (Wildman–Crippen LogP) is 4.25. The number of phenols is 1. The lowest BCUT2D eigenvalue weighted by molar-refractivity contribution is -0.384. The maximum absolute atomic E-state index is 11.0. The molecule has 0 bridgehead atoms. The van der Waals surface area contributed by atoms with Crippen LogP contribution in [-0.4, -0.2) is 27.1 Å². The Labute approximate surface area is 162 Å². The quantitative estimate of drug-likeness (QED) is 0.486. The number of aromatic nitrogens is 2. The normalized spacial score (nSPS) is 11.7. The van der Waals surface area contributed by atoms with Gasteiger partial charge >= 0.3 is 0 Å². The van der Waals surface area contributed by atoms with Gasteiger partial charge in [-0.25, -0.2) is 9.97 Å². The van der Waals surface area contributed by atoms with Gasteiger partial charge in [-0.2, -0.15) is 0 Å². The second-order valence-corrected chi connectivity index (χ2v) is 6.32. The van der Waals surface area contributed by atoms with Gasteiger partial charge < -0.3 is 15.2 Å². The molecule has 1 aromatic heterocycles.